The van der Waals surface area contributed by atoms with E-state index in [1.807, 2.05) is 0 Å². The first-order valence-electron chi connectivity index (χ1n) is 7.48. The van der Waals surface area contributed by atoms with Crippen molar-refractivity contribution in [2.45, 2.75) is 37.8 Å². The van der Waals surface area contributed by atoms with Crippen LogP contribution >= 0.6 is 0 Å². The van der Waals surface area contributed by atoms with Gasteiger partial charge in [0.25, 0.3) is 11.8 Å². The van der Waals surface area contributed by atoms with Crippen molar-refractivity contribution in [3.8, 4) is 0 Å². The molecule has 0 saturated carbocycles. The molecule has 1 N–H and O–H groups in total. The van der Waals surface area contributed by atoms with Crippen molar-refractivity contribution in [3.05, 3.63) is 35.4 Å². The van der Waals surface area contributed by atoms with Crippen molar-refractivity contribution in [1.29, 1.82) is 0 Å². The lowest BCUT2D eigenvalue weighted by atomic mass is 9.92. The first-order valence-corrected chi connectivity index (χ1v) is 7.48. The lowest BCUT2D eigenvalue weighted by Gasteiger charge is -2.43. The van der Waals surface area contributed by atoms with E-state index in [4.69, 9.17) is 9.47 Å². The minimum absolute atomic E-state index is 0.303. The van der Waals surface area contributed by atoms with Crippen LogP contribution in [-0.4, -0.2) is 53.2 Å². The van der Waals surface area contributed by atoms with Crippen LogP contribution in [0.3, 0.4) is 0 Å². The van der Waals surface area contributed by atoms with Crippen LogP contribution in [0.15, 0.2) is 24.3 Å². The van der Waals surface area contributed by atoms with Crippen LogP contribution < -0.4 is 5.32 Å². The van der Waals surface area contributed by atoms with E-state index in [0.717, 1.165) is 4.90 Å². The second kappa shape index (κ2) is 4.62. The molecule has 3 aliphatic heterocycles. The van der Waals surface area contributed by atoms with Crippen LogP contribution in [0, 0.1) is 0 Å². The molecule has 120 valence electrons. The third-order valence-corrected chi connectivity index (χ3v) is 4.45. The van der Waals surface area contributed by atoms with E-state index in [1.54, 1.807) is 38.1 Å². The maximum absolute atomic E-state index is 12.5. The molecule has 1 aromatic carbocycles. The van der Waals surface area contributed by atoms with Crippen LogP contribution in [0.5, 0.6) is 0 Å². The van der Waals surface area contributed by atoms with Crippen molar-refractivity contribution in [1.82, 2.24) is 10.2 Å². The Bertz CT molecular complexity index is 694. The van der Waals surface area contributed by atoms with E-state index in [9.17, 15) is 14.4 Å². The molecule has 0 aromatic heterocycles. The van der Waals surface area contributed by atoms with Crippen molar-refractivity contribution < 1.29 is 23.9 Å². The quantitative estimate of drug-likeness (QED) is 0.627. The first kappa shape index (κ1) is 14.3. The highest BCUT2D eigenvalue weighted by Crippen LogP contribution is 2.33. The predicted molar refractivity (Wildman–Crippen MR) is 77.6 cm³/mol. The molecule has 0 spiro atoms. The number of carbonyl (C=O) groups is 3. The molecule has 23 heavy (non-hydrogen) atoms. The third-order valence-electron chi connectivity index (χ3n) is 4.45. The Labute approximate surface area is 132 Å². The summed E-state index contributed by atoms with van der Waals surface area (Å²) in [7, 11) is 0. The Kier molecular flexibility index (Phi) is 2.88. The number of hydrogen-bond donors (Lipinski definition) is 1. The van der Waals surface area contributed by atoms with E-state index in [-0.39, 0.29) is 5.91 Å². The fourth-order valence-corrected chi connectivity index (χ4v) is 3.32. The number of fused-ring (bicyclic) bond motifs is 1. The van der Waals surface area contributed by atoms with E-state index in [1.165, 1.54) is 0 Å². The van der Waals surface area contributed by atoms with Crippen LogP contribution in [0.4, 0.5) is 0 Å². The number of hydrogen-bond acceptors (Lipinski definition) is 5. The molecule has 0 unspecified atom stereocenters. The zero-order valence-corrected chi connectivity index (χ0v) is 12.7. The molecule has 0 aliphatic carbocycles. The summed E-state index contributed by atoms with van der Waals surface area (Å²) < 4.78 is 11.3. The molecule has 2 fully saturated rings. The lowest BCUT2D eigenvalue weighted by Crippen LogP contribution is -2.74. The zero-order valence-electron chi connectivity index (χ0n) is 12.7. The van der Waals surface area contributed by atoms with E-state index < -0.39 is 35.8 Å². The minimum Gasteiger partial charge on any atom is -0.348 e. The summed E-state index contributed by atoms with van der Waals surface area (Å²) in [4.78, 5) is 38.1. The van der Waals surface area contributed by atoms with Crippen molar-refractivity contribution >= 4 is 17.7 Å². The van der Waals surface area contributed by atoms with Gasteiger partial charge in [0, 0.05) is 0 Å². The Hall–Kier alpha value is -2.25. The average Bonchev–Trinajstić information content (AvgIpc) is 2.98. The summed E-state index contributed by atoms with van der Waals surface area (Å²) in [5, 5.41) is 2.73. The van der Waals surface area contributed by atoms with Gasteiger partial charge in [0.1, 0.15) is 12.1 Å². The van der Waals surface area contributed by atoms with Crippen molar-refractivity contribution in [3.63, 3.8) is 0 Å². The van der Waals surface area contributed by atoms with Crippen LogP contribution in [-0.2, 0) is 14.3 Å². The molecule has 2 saturated heterocycles. The van der Waals surface area contributed by atoms with Gasteiger partial charge in [-0.2, -0.15) is 0 Å². The van der Waals surface area contributed by atoms with Gasteiger partial charge < -0.3 is 14.8 Å². The SMILES string of the molecule is CC1(C)OC[C@@H]([C@H]2NC(=O)[C@H]2N2C(=O)c3ccccc3C2=O)O1. The van der Waals surface area contributed by atoms with Crippen LogP contribution in [0.2, 0.25) is 0 Å². The summed E-state index contributed by atoms with van der Waals surface area (Å²) in [6, 6.07) is 5.28. The maximum Gasteiger partial charge on any atom is 0.262 e. The van der Waals surface area contributed by atoms with Gasteiger partial charge in [0.2, 0.25) is 5.91 Å². The molecule has 4 rings (SSSR count). The Morgan fingerprint density at radius 1 is 1.13 bits per heavy atom. The monoisotopic (exact) mass is 316 g/mol. The number of nitrogens with zero attached hydrogens (tertiary/aromatic N) is 1. The Morgan fingerprint density at radius 2 is 1.74 bits per heavy atom. The second-order valence-electron chi connectivity index (χ2n) is 6.37. The number of benzene rings is 1. The van der Waals surface area contributed by atoms with Gasteiger partial charge in [-0.15, -0.1) is 0 Å². The average molecular weight is 316 g/mol. The molecule has 3 atom stereocenters. The molecule has 1 aromatic rings. The highest BCUT2D eigenvalue weighted by molar-refractivity contribution is 6.23. The van der Waals surface area contributed by atoms with Crippen molar-refractivity contribution in [2.24, 2.45) is 0 Å². The van der Waals surface area contributed by atoms with Gasteiger partial charge in [-0.1, -0.05) is 12.1 Å². The first-order chi connectivity index (χ1) is 10.9. The van der Waals surface area contributed by atoms with E-state index >= 15 is 0 Å². The number of ether oxygens (including phenoxy) is 2. The number of carbonyl (C=O) groups excluding carboxylic acids is 3. The van der Waals surface area contributed by atoms with Gasteiger partial charge in [0.15, 0.2) is 5.79 Å². The highest BCUT2D eigenvalue weighted by Gasteiger charge is 2.56. The fourth-order valence-electron chi connectivity index (χ4n) is 3.32. The molecule has 0 radical (unpaired) electrons. The van der Waals surface area contributed by atoms with Gasteiger partial charge in [0.05, 0.1) is 23.8 Å². The van der Waals surface area contributed by atoms with Gasteiger partial charge in [-0.3, -0.25) is 19.3 Å². The Morgan fingerprint density at radius 3 is 2.22 bits per heavy atom. The molecule has 3 aliphatic rings. The largest absolute Gasteiger partial charge is 0.348 e. The van der Waals surface area contributed by atoms with Gasteiger partial charge >= 0.3 is 0 Å². The zero-order chi connectivity index (χ0) is 16.4. The summed E-state index contributed by atoms with van der Waals surface area (Å²) in [5.74, 6) is -1.96. The number of β-lactam (4-membered cyclic amide) rings is 1. The highest BCUT2D eigenvalue weighted by atomic mass is 16.7. The summed E-state index contributed by atoms with van der Waals surface area (Å²) in [6.45, 7) is 3.87. The normalized spacial score (nSPS) is 31.8. The molecule has 0 bridgehead atoms. The minimum atomic E-state index is -0.857. The molecular formula is C16H16N2O5. The lowest BCUT2D eigenvalue weighted by molar-refractivity contribution is -0.156. The van der Waals surface area contributed by atoms with E-state index in [0.29, 0.717) is 17.7 Å². The summed E-state index contributed by atoms with van der Waals surface area (Å²) >= 11 is 0. The maximum atomic E-state index is 12.5. The topological polar surface area (TPSA) is 84.9 Å². The van der Waals surface area contributed by atoms with Gasteiger partial charge in [-0.05, 0) is 26.0 Å². The Balaban J connectivity index is 1.62. The third kappa shape index (κ3) is 2.00. The molecule has 3 heterocycles. The fraction of sp³-hybridized carbons (Fsp3) is 0.438. The molecule has 7 heteroatoms. The second-order valence-corrected chi connectivity index (χ2v) is 6.37. The molecule has 3 amide bonds. The molecule has 7 nitrogen and oxygen atoms in total. The van der Waals surface area contributed by atoms with Crippen LogP contribution in [0.1, 0.15) is 34.6 Å². The van der Waals surface area contributed by atoms with Crippen LogP contribution in [0.25, 0.3) is 0 Å². The number of rotatable bonds is 2. The van der Waals surface area contributed by atoms with E-state index in [2.05, 4.69) is 5.32 Å². The number of nitrogens with one attached hydrogen (secondary N) is 1. The standard InChI is InChI=1S/C16H16N2O5/c1-16(2)22-7-10(23-16)11-12(13(19)17-11)18-14(20)8-5-3-4-6-9(8)15(18)21/h3-6,10-12H,7H2,1-2H3,(H,17,19)/t10-,11+,12-/m0/s1. The molecular weight excluding hydrogens is 300 g/mol. The van der Waals surface area contributed by atoms with Crippen molar-refractivity contribution in [2.75, 3.05) is 6.61 Å². The summed E-state index contributed by atoms with van der Waals surface area (Å²) in [5.41, 5.74) is 0.666. The summed E-state index contributed by atoms with van der Waals surface area (Å²) in [6.07, 6.45) is -0.392. The smallest absolute Gasteiger partial charge is 0.262 e. The number of imide groups is 1. The predicted octanol–water partition coefficient (Wildman–Crippen LogP) is 0.301. The van der Waals surface area contributed by atoms with Gasteiger partial charge in [-0.25, -0.2) is 0 Å². The number of amides is 3.